The first-order valence-electron chi connectivity index (χ1n) is 6.51. The number of carbonyl (C=O) groups excluding carboxylic acids is 1. The molecule has 0 bridgehead atoms. The fraction of sp³-hybridized carbons (Fsp3) is 0.429. The summed E-state index contributed by atoms with van der Waals surface area (Å²) < 4.78 is 30.9. The van der Waals surface area contributed by atoms with E-state index < -0.39 is 36.2 Å². The Hall–Kier alpha value is -2.18. The van der Waals surface area contributed by atoms with E-state index in [1.807, 2.05) is 6.92 Å². The Labute approximate surface area is 120 Å². The molecular weight excluding hydrogens is 284 g/mol. The molecule has 21 heavy (non-hydrogen) atoms. The molecule has 5 nitrogen and oxygen atoms in total. The van der Waals surface area contributed by atoms with Crippen LogP contribution < -0.4 is 10.1 Å². The average Bonchev–Trinajstić information content (AvgIpc) is 2.37. The number of aliphatic carboxylic acids is 1. The van der Waals surface area contributed by atoms with Crippen LogP contribution in [0, 0.1) is 11.6 Å². The second-order valence-corrected chi connectivity index (χ2v) is 4.51. The second-order valence-electron chi connectivity index (χ2n) is 4.51. The van der Waals surface area contributed by atoms with Gasteiger partial charge in [-0.1, -0.05) is 13.3 Å². The van der Waals surface area contributed by atoms with Crippen molar-refractivity contribution in [2.75, 3.05) is 6.61 Å². The molecule has 2 N–H and O–H groups in total. The van der Waals surface area contributed by atoms with E-state index in [-0.39, 0.29) is 12.2 Å². The molecule has 1 atom stereocenters. The molecule has 0 aliphatic rings. The molecule has 0 fully saturated rings. The van der Waals surface area contributed by atoms with Crippen molar-refractivity contribution in [3.8, 4) is 5.75 Å². The zero-order valence-corrected chi connectivity index (χ0v) is 11.6. The molecule has 0 aliphatic carbocycles. The highest BCUT2D eigenvalue weighted by atomic mass is 19.1. The van der Waals surface area contributed by atoms with Gasteiger partial charge in [0.1, 0.15) is 5.82 Å². The Morgan fingerprint density at radius 3 is 2.67 bits per heavy atom. The van der Waals surface area contributed by atoms with E-state index in [4.69, 9.17) is 9.84 Å². The number of rotatable bonds is 8. The lowest BCUT2D eigenvalue weighted by atomic mass is 10.1. The summed E-state index contributed by atoms with van der Waals surface area (Å²) in [5.74, 6) is -3.46. The minimum atomic E-state index is -1.01. The second kappa shape index (κ2) is 8.18. The van der Waals surface area contributed by atoms with Gasteiger partial charge in [-0.25, -0.2) is 8.78 Å². The number of hydrogen-bond acceptors (Lipinski definition) is 3. The summed E-state index contributed by atoms with van der Waals surface area (Å²) in [6.45, 7) is 1.40. The number of amides is 1. The Morgan fingerprint density at radius 1 is 1.38 bits per heavy atom. The van der Waals surface area contributed by atoms with Gasteiger partial charge in [-0.05, 0) is 18.6 Å². The van der Waals surface area contributed by atoms with Crippen molar-refractivity contribution in [1.29, 1.82) is 0 Å². The lowest BCUT2D eigenvalue weighted by Crippen LogP contribution is -2.39. The monoisotopic (exact) mass is 301 g/mol. The standard InChI is InChI=1S/C14H17F2NO4/c1-2-3-10(7-14(19)20)17-13(18)8-21-12-5-4-9(15)6-11(12)16/h4-6,10H,2-3,7-8H2,1H3,(H,17,18)(H,19,20). The van der Waals surface area contributed by atoms with Gasteiger partial charge in [0, 0.05) is 12.1 Å². The van der Waals surface area contributed by atoms with Crippen LogP contribution in [0.1, 0.15) is 26.2 Å². The normalized spacial score (nSPS) is 11.8. The van der Waals surface area contributed by atoms with E-state index in [0.717, 1.165) is 12.1 Å². The summed E-state index contributed by atoms with van der Waals surface area (Å²) in [5, 5.41) is 11.2. The quantitative estimate of drug-likeness (QED) is 0.771. The first-order chi connectivity index (χ1) is 9.92. The number of benzene rings is 1. The third-order valence-electron chi connectivity index (χ3n) is 2.68. The van der Waals surface area contributed by atoms with Gasteiger partial charge >= 0.3 is 5.97 Å². The van der Waals surface area contributed by atoms with Crippen LogP contribution in [0.3, 0.4) is 0 Å². The molecule has 1 aromatic rings. The van der Waals surface area contributed by atoms with Crippen molar-refractivity contribution in [1.82, 2.24) is 5.32 Å². The predicted molar refractivity (Wildman–Crippen MR) is 70.9 cm³/mol. The number of ether oxygens (including phenoxy) is 1. The molecule has 1 unspecified atom stereocenters. The molecule has 0 aromatic heterocycles. The molecule has 0 saturated carbocycles. The number of hydrogen-bond donors (Lipinski definition) is 2. The molecule has 0 heterocycles. The van der Waals surface area contributed by atoms with Crippen LogP contribution in [0.4, 0.5) is 8.78 Å². The van der Waals surface area contributed by atoms with Gasteiger partial charge in [-0.2, -0.15) is 0 Å². The Balaban J connectivity index is 2.50. The topological polar surface area (TPSA) is 75.6 Å². The summed E-state index contributed by atoms with van der Waals surface area (Å²) >= 11 is 0. The Kier molecular flexibility index (Phi) is 6.58. The maximum absolute atomic E-state index is 13.3. The highest BCUT2D eigenvalue weighted by Gasteiger charge is 2.16. The molecular formula is C14H17F2NO4. The van der Waals surface area contributed by atoms with Crippen molar-refractivity contribution in [2.24, 2.45) is 0 Å². The smallest absolute Gasteiger partial charge is 0.305 e. The van der Waals surface area contributed by atoms with E-state index in [1.165, 1.54) is 0 Å². The lowest BCUT2D eigenvalue weighted by Gasteiger charge is -2.16. The van der Waals surface area contributed by atoms with Crippen LogP contribution in [0.2, 0.25) is 0 Å². The zero-order valence-electron chi connectivity index (χ0n) is 11.6. The van der Waals surface area contributed by atoms with Gasteiger partial charge in [-0.15, -0.1) is 0 Å². The van der Waals surface area contributed by atoms with Gasteiger partial charge in [-0.3, -0.25) is 9.59 Å². The van der Waals surface area contributed by atoms with Crippen molar-refractivity contribution < 1.29 is 28.2 Å². The van der Waals surface area contributed by atoms with E-state index >= 15 is 0 Å². The fourth-order valence-electron chi connectivity index (χ4n) is 1.79. The first kappa shape index (κ1) is 16.9. The third-order valence-corrected chi connectivity index (χ3v) is 2.68. The summed E-state index contributed by atoms with van der Waals surface area (Å²) in [6.07, 6.45) is 1.04. The van der Waals surface area contributed by atoms with Gasteiger partial charge in [0.15, 0.2) is 18.2 Å². The number of halogens is 2. The molecule has 0 aliphatic heterocycles. The summed E-state index contributed by atoms with van der Waals surface area (Å²) in [6, 6.07) is 2.25. The summed E-state index contributed by atoms with van der Waals surface area (Å²) in [4.78, 5) is 22.3. The van der Waals surface area contributed by atoms with Gasteiger partial charge in [0.25, 0.3) is 5.91 Å². The van der Waals surface area contributed by atoms with Crippen LogP contribution >= 0.6 is 0 Å². The molecule has 1 amide bonds. The predicted octanol–water partition coefficient (Wildman–Crippen LogP) is 2.10. The molecule has 0 saturated heterocycles. The number of carboxylic acid groups (broad SMARTS) is 1. The van der Waals surface area contributed by atoms with Crippen LogP contribution in [0.5, 0.6) is 5.75 Å². The van der Waals surface area contributed by atoms with Crippen molar-refractivity contribution in [3.05, 3.63) is 29.8 Å². The minimum absolute atomic E-state index is 0.190. The molecule has 116 valence electrons. The van der Waals surface area contributed by atoms with Crippen LogP contribution in [-0.2, 0) is 9.59 Å². The highest BCUT2D eigenvalue weighted by Crippen LogP contribution is 2.17. The van der Waals surface area contributed by atoms with E-state index in [2.05, 4.69) is 5.32 Å². The van der Waals surface area contributed by atoms with Crippen LogP contribution in [0.15, 0.2) is 18.2 Å². The van der Waals surface area contributed by atoms with Crippen LogP contribution in [-0.4, -0.2) is 29.6 Å². The SMILES string of the molecule is CCCC(CC(=O)O)NC(=O)COc1ccc(F)cc1F. The number of carbonyl (C=O) groups is 2. The van der Waals surface area contributed by atoms with Crippen molar-refractivity contribution >= 4 is 11.9 Å². The molecule has 0 radical (unpaired) electrons. The summed E-state index contributed by atoms with van der Waals surface area (Å²) in [7, 11) is 0. The average molecular weight is 301 g/mol. The van der Waals surface area contributed by atoms with Gasteiger partial charge in [0.2, 0.25) is 0 Å². The molecule has 1 aromatic carbocycles. The molecule has 1 rings (SSSR count). The maximum Gasteiger partial charge on any atom is 0.305 e. The van der Waals surface area contributed by atoms with Crippen molar-refractivity contribution in [3.63, 3.8) is 0 Å². The van der Waals surface area contributed by atoms with E-state index in [1.54, 1.807) is 0 Å². The first-order valence-corrected chi connectivity index (χ1v) is 6.51. The van der Waals surface area contributed by atoms with E-state index in [9.17, 15) is 18.4 Å². The van der Waals surface area contributed by atoms with Crippen LogP contribution in [0.25, 0.3) is 0 Å². The zero-order chi connectivity index (χ0) is 15.8. The molecule has 7 heteroatoms. The Bertz CT molecular complexity index is 508. The van der Waals surface area contributed by atoms with Gasteiger partial charge < -0.3 is 15.2 Å². The minimum Gasteiger partial charge on any atom is -0.481 e. The van der Waals surface area contributed by atoms with Gasteiger partial charge in [0.05, 0.1) is 6.42 Å². The number of nitrogens with one attached hydrogen (secondary N) is 1. The Morgan fingerprint density at radius 2 is 2.10 bits per heavy atom. The lowest BCUT2D eigenvalue weighted by molar-refractivity contribution is -0.137. The third kappa shape index (κ3) is 6.20. The molecule has 0 spiro atoms. The number of carboxylic acids is 1. The maximum atomic E-state index is 13.3. The van der Waals surface area contributed by atoms with Crippen molar-refractivity contribution in [2.45, 2.75) is 32.2 Å². The highest BCUT2D eigenvalue weighted by molar-refractivity contribution is 5.78. The van der Waals surface area contributed by atoms with E-state index in [0.29, 0.717) is 18.9 Å². The summed E-state index contributed by atoms with van der Waals surface area (Å²) in [5.41, 5.74) is 0. The largest absolute Gasteiger partial charge is 0.481 e. The fourth-order valence-corrected chi connectivity index (χ4v) is 1.79.